The molecule has 0 saturated carbocycles. The highest BCUT2D eigenvalue weighted by molar-refractivity contribution is 5.66. The van der Waals surface area contributed by atoms with Crippen molar-refractivity contribution in [1.29, 1.82) is 0 Å². The number of hydrogen-bond acceptors (Lipinski definition) is 2. The summed E-state index contributed by atoms with van der Waals surface area (Å²) in [4.78, 5) is 2.29. The summed E-state index contributed by atoms with van der Waals surface area (Å²) in [5.74, 6) is 0. The first kappa shape index (κ1) is 12.7. The van der Waals surface area contributed by atoms with E-state index >= 15 is 0 Å². The molecule has 0 radical (unpaired) electrons. The lowest BCUT2D eigenvalue weighted by molar-refractivity contribution is 0.817. The van der Waals surface area contributed by atoms with Gasteiger partial charge < -0.3 is 10.6 Å². The van der Waals surface area contributed by atoms with Gasteiger partial charge >= 0.3 is 0 Å². The first-order chi connectivity index (χ1) is 8.85. The van der Waals surface area contributed by atoms with Crippen molar-refractivity contribution >= 4 is 5.69 Å². The number of anilines is 1. The second kappa shape index (κ2) is 6.22. The average molecular weight is 240 g/mol. The number of hydrogen-bond donors (Lipinski definition) is 1. The van der Waals surface area contributed by atoms with Crippen molar-refractivity contribution in [2.24, 2.45) is 5.73 Å². The Morgan fingerprint density at radius 1 is 0.889 bits per heavy atom. The van der Waals surface area contributed by atoms with Gasteiger partial charge in [0.05, 0.1) is 0 Å². The SMILES string of the molecule is CCN(CCN)c1ccc(-c2ccccc2)cc1. The molecule has 0 saturated heterocycles. The van der Waals surface area contributed by atoms with E-state index < -0.39 is 0 Å². The van der Waals surface area contributed by atoms with Gasteiger partial charge in [0.1, 0.15) is 0 Å². The lowest BCUT2D eigenvalue weighted by Gasteiger charge is -2.22. The van der Waals surface area contributed by atoms with E-state index in [4.69, 9.17) is 5.73 Å². The van der Waals surface area contributed by atoms with Crippen LogP contribution in [-0.4, -0.2) is 19.6 Å². The molecule has 2 aromatic rings. The molecule has 0 fully saturated rings. The average Bonchev–Trinajstić information content (AvgIpc) is 2.46. The van der Waals surface area contributed by atoms with Crippen molar-refractivity contribution in [3.8, 4) is 11.1 Å². The second-order valence-corrected chi connectivity index (χ2v) is 4.28. The van der Waals surface area contributed by atoms with E-state index in [1.54, 1.807) is 0 Å². The van der Waals surface area contributed by atoms with Gasteiger partial charge in [-0.15, -0.1) is 0 Å². The van der Waals surface area contributed by atoms with Gasteiger partial charge in [-0.3, -0.25) is 0 Å². The molecular formula is C16H20N2. The van der Waals surface area contributed by atoms with Gasteiger partial charge in [0, 0.05) is 25.3 Å². The second-order valence-electron chi connectivity index (χ2n) is 4.28. The monoisotopic (exact) mass is 240 g/mol. The van der Waals surface area contributed by atoms with Crippen molar-refractivity contribution in [1.82, 2.24) is 0 Å². The van der Waals surface area contributed by atoms with E-state index in [1.807, 2.05) is 6.07 Å². The Hall–Kier alpha value is -1.80. The van der Waals surface area contributed by atoms with Crippen LogP contribution in [0.5, 0.6) is 0 Å². The minimum atomic E-state index is 0.689. The Morgan fingerprint density at radius 3 is 2.06 bits per heavy atom. The zero-order chi connectivity index (χ0) is 12.8. The summed E-state index contributed by atoms with van der Waals surface area (Å²) < 4.78 is 0. The molecule has 0 spiro atoms. The summed E-state index contributed by atoms with van der Waals surface area (Å²) in [6.07, 6.45) is 0. The lowest BCUT2D eigenvalue weighted by Crippen LogP contribution is -2.28. The Kier molecular flexibility index (Phi) is 4.37. The van der Waals surface area contributed by atoms with Gasteiger partial charge in [0.25, 0.3) is 0 Å². The Morgan fingerprint density at radius 2 is 1.50 bits per heavy atom. The third-order valence-corrected chi connectivity index (χ3v) is 3.12. The van der Waals surface area contributed by atoms with Gasteiger partial charge in [-0.1, -0.05) is 42.5 Å². The van der Waals surface area contributed by atoms with E-state index in [9.17, 15) is 0 Å². The summed E-state index contributed by atoms with van der Waals surface area (Å²) in [7, 11) is 0. The first-order valence-corrected chi connectivity index (χ1v) is 6.45. The smallest absolute Gasteiger partial charge is 0.0366 e. The topological polar surface area (TPSA) is 29.3 Å². The quantitative estimate of drug-likeness (QED) is 0.870. The summed E-state index contributed by atoms with van der Waals surface area (Å²) in [6.45, 7) is 4.73. The first-order valence-electron chi connectivity index (χ1n) is 6.45. The third kappa shape index (κ3) is 2.90. The standard InChI is InChI=1S/C16H20N2/c1-2-18(13-12-17)16-10-8-15(9-11-16)14-6-4-3-5-7-14/h3-11H,2,12-13,17H2,1H3. The van der Waals surface area contributed by atoms with Gasteiger partial charge in [0.15, 0.2) is 0 Å². The van der Waals surface area contributed by atoms with Crippen molar-refractivity contribution in [2.45, 2.75) is 6.92 Å². The molecule has 0 atom stereocenters. The molecule has 2 nitrogen and oxygen atoms in total. The van der Waals surface area contributed by atoms with E-state index in [0.717, 1.165) is 13.1 Å². The number of benzene rings is 2. The Balaban J connectivity index is 2.19. The summed E-state index contributed by atoms with van der Waals surface area (Å²) in [5.41, 5.74) is 9.37. The lowest BCUT2D eigenvalue weighted by atomic mass is 10.1. The molecule has 2 aromatic carbocycles. The molecule has 2 N–H and O–H groups in total. The fourth-order valence-electron chi connectivity index (χ4n) is 2.12. The van der Waals surface area contributed by atoms with Gasteiger partial charge in [-0.25, -0.2) is 0 Å². The predicted octanol–water partition coefficient (Wildman–Crippen LogP) is 3.14. The number of nitrogens with zero attached hydrogens (tertiary/aromatic N) is 1. The van der Waals surface area contributed by atoms with Crippen molar-refractivity contribution < 1.29 is 0 Å². The highest BCUT2D eigenvalue weighted by atomic mass is 15.1. The zero-order valence-corrected chi connectivity index (χ0v) is 10.8. The van der Waals surface area contributed by atoms with Crippen molar-refractivity contribution in [3.05, 3.63) is 54.6 Å². The molecule has 0 heterocycles. The van der Waals surface area contributed by atoms with Crippen LogP contribution < -0.4 is 10.6 Å². The largest absolute Gasteiger partial charge is 0.371 e. The molecule has 94 valence electrons. The molecule has 0 aromatic heterocycles. The van der Waals surface area contributed by atoms with Crippen molar-refractivity contribution in [3.63, 3.8) is 0 Å². The number of likely N-dealkylation sites (N-methyl/N-ethyl adjacent to an activating group) is 1. The van der Waals surface area contributed by atoms with Crippen LogP contribution in [0.1, 0.15) is 6.92 Å². The summed E-state index contributed by atoms with van der Waals surface area (Å²) in [5, 5.41) is 0. The highest BCUT2D eigenvalue weighted by Crippen LogP contribution is 2.22. The molecule has 2 rings (SSSR count). The van der Waals surface area contributed by atoms with E-state index in [1.165, 1.54) is 16.8 Å². The minimum Gasteiger partial charge on any atom is -0.371 e. The van der Waals surface area contributed by atoms with Crippen LogP contribution in [-0.2, 0) is 0 Å². The minimum absolute atomic E-state index is 0.689. The van der Waals surface area contributed by atoms with E-state index in [0.29, 0.717) is 6.54 Å². The van der Waals surface area contributed by atoms with Crippen molar-refractivity contribution in [2.75, 3.05) is 24.5 Å². The third-order valence-electron chi connectivity index (χ3n) is 3.12. The molecular weight excluding hydrogens is 220 g/mol. The van der Waals surface area contributed by atoms with E-state index in [2.05, 4.69) is 60.4 Å². The highest BCUT2D eigenvalue weighted by Gasteiger charge is 2.03. The molecule has 2 heteroatoms. The van der Waals surface area contributed by atoms with Crippen LogP contribution >= 0.6 is 0 Å². The molecule has 0 aliphatic carbocycles. The van der Waals surface area contributed by atoms with Crippen LogP contribution in [0.2, 0.25) is 0 Å². The molecule has 0 aliphatic rings. The Labute approximate surface area is 109 Å². The molecule has 18 heavy (non-hydrogen) atoms. The molecule has 0 bridgehead atoms. The fraction of sp³-hybridized carbons (Fsp3) is 0.250. The maximum atomic E-state index is 5.62. The van der Waals surface area contributed by atoms with Crippen LogP contribution in [0.15, 0.2) is 54.6 Å². The maximum Gasteiger partial charge on any atom is 0.0366 e. The molecule has 0 unspecified atom stereocenters. The summed E-state index contributed by atoms with van der Waals surface area (Å²) >= 11 is 0. The van der Waals surface area contributed by atoms with Crippen LogP contribution in [0.4, 0.5) is 5.69 Å². The van der Waals surface area contributed by atoms with Crippen LogP contribution in [0.3, 0.4) is 0 Å². The molecule has 0 aliphatic heterocycles. The van der Waals surface area contributed by atoms with E-state index in [-0.39, 0.29) is 0 Å². The normalized spacial score (nSPS) is 10.3. The molecule has 0 amide bonds. The van der Waals surface area contributed by atoms with Gasteiger partial charge in [-0.05, 0) is 30.2 Å². The van der Waals surface area contributed by atoms with Crippen LogP contribution in [0, 0.1) is 0 Å². The number of nitrogens with two attached hydrogens (primary N) is 1. The Bertz CT molecular complexity index is 462. The van der Waals surface area contributed by atoms with Gasteiger partial charge in [-0.2, -0.15) is 0 Å². The number of rotatable bonds is 5. The van der Waals surface area contributed by atoms with Gasteiger partial charge in [0.2, 0.25) is 0 Å². The predicted molar refractivity (Wildman–Crippen MR) is 78.8 cm³/mol. The zero-order valence-electron chi connectivity index (χ0n) is 10.8. The van der Waals surface area contributed by atoms with Crippen LogP contribution in [0.25, 0.3) is 11.1 Å². The summed E-state index contributed by atoms with van der Waals surface area (Å²) in [6, 6.07) is 19.1. The maximum absolute atomic E-state index is 5.62. The fourth-order valence-corrected chi connectivity index (χ4v) is 2.12.